The van der Waals surface area contributed by atoms with Gasteiger partial charge in [-0.25, -0.2) is 4.98 Å². The van der Waals surface area contributed by atoms with Crippen LogP contribution < -0.4 is 5.32 Å². The lowest BCUT2D eigenvalue weighted by atomic mass is 9.81. The number of aromatic nitrogens is 2. The van der Waals surface area contributed by atoms with E-state index in [4.69, 9.17) is 0 Å². The molecule has 18 heavy (non-hydrogen) atoms. The fourth-order valence-electron chi connectivity index (χ4n) is 2.45. The maximum absolute atomic E-state index is 12.2. The van der Waals surface area contributed by atoms with Crippen LogP contribution in [0, 0.1) is 16.7 Å². The Labute approximate surface area is 107 Å². The fourth-order valence-corrected chi connectivity index (χ4v) is 2.45. The molecule has 5 heteroatoms. The first-order valence-electron chi connectivity index (χ1n) is 6.44. The van der Waals surface area contributed by atoms with Gasteiger partial charge in [-0.15, -0.1) is 0 Å². The molecule has 0 aromatic carbocycles. The number of imidazole rings is 1. The van der Waals surface area contributed by atoms with E-state index in [0.29, 0.717) is 19.4 Å². The van der Waals surface area contributed by atoms with Gasteiger partial charge in [0.15, 0.2) is 0 Å². The van der Waals surface area contributed by atoms with E-state index in [-0.39, 0.29) is 5.91 Å². The number of carbonyl (C=O) groups excluding carboxylic acids is 1. The zero-order valence-electron chi connectivity index (χ0n) is 10.4. The van der Waals surface area contributed by atoms with Gasteiger partial charge >= 0.3 is 0 Å². The predicted molar refractivity (Wildman–Crippen MR) is 66.2 cm³/mol. The van der Waals surface area contributed by atoms with Gasteiger partial charge in [0.2, 0.25) is 5.91 Å². The second-order valence-corrected chi connectivity index (χ2v) is 4.87. The Morgan fingerprint density at radius 3 is 2.72 bits per heavy atom. The van der Waals surface area contributed by atoms with Crippen molar-refractivity contribution < 1.29 is 4.79 Å². The molecule has 0 saturated heterocycles. The molecule has 1 aliphatic carbocycles. The Morgan fingerprint density at radius 2 is 2.17 bits per heavy atom. The lowest BCUT2D eigenvalue weighted by molar-refractivity contribution is -0.129. The van der Waals surface area contributed by atoms with Gasteiger partial charge in [0, 0.05) is 6.20 Å². The largest absolute Gasteiger partial charge is 0.349 e. The Bertz CT molecular complexity index is 424. The molecule has 1 amide bonds. The van der Waals surface area contributed by atoms with Crippen LogP contribution in [0.3, 0.4) is 0 Å². The summed E-state index contributed by atoms with van der Waals surface area (Å²) in [6.07, 6.45) is 8.78. The number of rotatable bonds is 3. The molecule has 0 radical (unpaired) electrons. The van der Waals surface area contributed by atoms with E-state index in [1.54, 1.807) is 12.5 Å². The number of H-pyrrole nitrogens is 1. The molecular weight excluding hydrogens is 228 g/mol. The highest BCUT2D eigenvalue weighted by Crippen LogP contribution is 2.34. The smallest absolute Gasteiger partial charge is 0.240 e. The highest BCUT2D eigenvalue weighted by molar-refractivity contribution is 5.85. The van der Waals surface area contributed by atoms with Crippen LogP contribution in [0.2, 0.25) is 0 Å². The molecule has 0 bridgehead atoms. The standard InChI is InChI=1S/C13H18N4O/c14-9-13(5-3-1-2-4-6-13)12(18)16-8-11-7-15-10-17-11/h7,10H,1-6,8H2,(H,15,17)(H,16,18). The molecular formula is C13H18N4O. The maximum Gasteiger partial charge on any atom is 0.240 e. The Kier molecular flexibility index (Phi) is 3.98. The summed E-state index contributed by atoms with van der Waals surface area (Å²) in [7, 11) is 0. The molecule has 1 aromatic heterocycles. The summed E-state index contributed by atoms with van der Waals surface area (Å²) in [5.74, 6) is -0.137. The quantitative estimate of drug-likeness (QED) is 0.799. The molecule has 96 valence electrons. The van der Waals surface area contributed by atoms with Crippen molar-refractivity contribution in [2.75, 3.05) is 0 Å². The minimum absolute atomic E-state index is 0.137. The van der Waals surface area contributed by atoms with E-state index in [1.807, 2.05) is 0 Å². The van der Waals surface area contributed by atoms with Crippen molar-refractivity contribution in [3.63, 3.8) is 0 Å². The molecule has 0 aliphatic heterocycles. The molecule has 1 saturated carbocycles. The van der Waals surface area contributed by atoms with Crippen molar-refractivity contribution in [2.45, 2.75) is 45.1 Å². The molecule has 1 aliphatic rings. The van der Waals surface area contributed by atoms with E-state index in [1.165, 1.54) is 0 Å². The van der Waals surface area contributed by atoms with Gasteiger partial charge in [0.25, 0.3) is 0 Å². The average molecular weight is 246 g/mol. The second-order valence-electron chi connectivity index (χ2n) is 4.87. The second kappa shape index (κ2) is 5.67. The third-order valence-electron chi connectivity index (χ3n) is 3.60. The number of hydrogen-bond acceptors (Lipinski definition) is 3. The zero-order valence-corrected chi connectivity index (χ0v) is 10.4. The summed E-state index contributed by atoms with van der Waals surface area (Å²) in [5.41, 5.74) is 0.0290. The van der Waals surface area contributed by atoms with Crippen LogP contribution in [-0.2, 0) is 11.3 Å². The number of nitriles is 1. The van der Waals surface area contributed by atoms with E-state index in [0.717, 1.165) is 31.4 Å². The molecule has 0 atom stereocenters. The minimum atomic E-state index is -0.823. The van der Waals surface area contributed by atoms with Gasteiger partial charge in [-0.05, 0) is 12.8 Å². The van der Waals surface area contributed by atoms with Gasteiger partial charge in [0.1, 0.15) is 5.41 Å². The molecule has 1 aromatic rings. The maximum atomic E-state index is 12.2. The molecule has 0 spiro atoms. The number of nitrogens with zero attached hydrogens (tertiary/aromatic N) is 2. The van der Waals surface area contributed by atoms with Crippen molar-refractivity contribution in [2.24, 2.45) is 5.41 Å². The van der Waals surface area contributed by atoms with Crippen molar-refractivity contribution in [1.82, 2.24) is 15.3 Å². The molecule has 1 heterocycles. The van der Waals surface area contributed by atoms with Crippen molar-refractivity contribution >= 4 is 5.91 Å². The van der Waals surface area contributed by atoms with Crippen LogP contribution in [0.5, 0.6) is 0 Å². The van der Waals surface area contributed by atoms with Gasteiger partial charge < -0.3 is 10.3 Å². The number of aromatic amines is 1. The average Bonchev–Trinajstić information content (AvgIpc) is 2.79. The zero-order chi connectivity index (χ0) is 12.8. The Balaban J connectivity index is 1.98. The van der Waals surface area contributed by atoms with Gasteiger partial charge in [0.05, 0.1) is 24.6 Å². The predicted octanol–water partition coefficient (Wildman–Crippen LogP) is 1.89. The summed E-state index contributed by atoms with van der Waals surface area (Å²) in [6.45, 7) is 0.405. The summed E-state index contributed by atoms with van der Waals surface area (Å²) in [6, 6.07) is 2.25. The number of amides is 1. The molecule has 5 nitrogen and oxygen atoms in total. The third kappa shape index (κ3) is 2.70. The number of hydrogen-bond donors (Lipinski definition) is 2. The van der Waals surface area contributed by atoms with Crippen molar-refractivity contribution in [3.05, 3.63) is 18.2 Å². The summed E-state index contributed by atoms with van der Waals surface area (Å²) in [5, 5.41) is 12.2. The number of nitrogens with one attached hydrogen (secondary N) is 2. The number of carbonyl (C=O) groups is 1. The van der Waals surface area contributed by atoms with Crippen LogP contribution in [0.1, 0.15) is 44.2 Å². The first-order chi connectivity index (χ1) is 8.77. The van der Waals surface area contributed by atoms with E-state index >= 15 is 0 Å². The van der Waals surface area contributed by atoms with Crippen LogP contribution in [-0.4, -0.2) is 15.9 Å². The van der Waals surface area contributed by atoms with E-state index in [9.17, 15) is 10.1 Å². The summed E-state index contributed by atoms with van der Waals surface area (Å²) in [4.78, 5) is 19.1. The highest BCUT2D eigenvalue weighted by atomic mass is 16.2. The van der Waals surface area contributed by atoms with Crippen LogP contribution in [0.4, 0.5) is 0 Å². The third-order valence-corrected chi connectivity index (χ3v) is 3.60. The highest BCUT2D eigenvalue weighted by Gasteiger charge is 2.38. The Hall–Kier alpha value is -1.83. The van der Waals surface area contributed by atoms with Crippen molar-refractivity contribution in [1.29, 1.82) is 5.26 Å². The fraction of sp³-hybridized carbons (Fsp3) is 0.615. The van der Waals surface area contributed by atoms with Gasteiger partial charge in [-0.2, -0.15) is 5.26 Å². The van der Waals surface area contributed by atoms with Gasteiger partial charge in [-0.3, -0.25) is 4.79 Å². The first kappa shape index (κ1) is 12.6. The van der Waals surface area contributed by atoms with Crippen molar-refractivity contribution in [3.8, 4) is 6.07 Å². The lowest BCUT2D eigenvalue weighted by Crippen LogP contribution is -2.39. The van der Waals surface area contributed by atoms with Crippen LogP contribution >= 0.6 is 0 Å². The topological polar surface area (TPSA) is 81.6 Å². The monoisotopic (exact) mass is 246 g/mol. The summed E-state index contributed by atoms with van der Waals surface area (Å²) >= 11 is 0. The van der Waals surface area contributed by atoms with Gasteiger partial charge in [-0.1, -0.05) is 25.7 Å². The molecule has 0 unspecified atom stereocenters. The first-order valence-corrected chi connectivity index (χ1v) is 6.44. The van der Waals surface area contributed by atoms with Crippen LogP contribution in [0.15, 0.2) is 12.5 Å². The van der Waals surface area contributed by atoms with E-state index < -0.39 is 5.41 Å². The van der Waals surface area contributed by atoms with Crippen LogP contribution in [0.25, 0.3) is 0 Å². The summed E-state index contributed by atoms with van der Waals surface area (Å²) < 4.78 is 0. The Morgan fingerprint density at radius 1 is 1.44 bits per heavy atom. The normalized spacial score (nSPS) is 18.6. The lowest BCUT2D eigenvalue weighted by Gasteiger charge is -2.23. The molecule has 2 rings (SSSR count). The van der Waals surface area contributed by atoms with E-state index in [2.05, 4.69) is 21.4 Å². The molecule has 1 fully saturated rings. The minimum Gasteiger partial charge on any atom is -0.349 e. The molecule has 2 N–H and O–H groups in total. The SMILES string of the molecule is N#CC1(C(=O)NCc2cnc[nH]2)CCCCCC1.